The second-order valence-electron chi connectivity index (χ2n) is 4.35. The molecule has 0 amide bonds. The molecule has 1 aliphatic heterocycles. The van der Waals surface area contributed by atoms with Gasteiger partial charge in [0.05, 0.1) is 11.7 Å². The van der Waals surface area contributed by atoms with E-state index in [1.165, 1.54) is 18.5 Å². The minimum Gasteiger partial charge on any atom is -0.314 e. The van der Waals surface area contributed by atoms with E-state index in [2.05, 4.69) is 34.3 Å². The highest BCUT2D eigenvalue weighted by Crippen LogP contribution is 2.23. The third-order valence-electron chi connectivity index (χ3n) is 3.18. The van der Waals surface area contributed by atoms with Gasteiger partial charge in [-0.15, -0.1) is 0 Å². The summed E-state index contributed by atoms with van der Waals surface area (Å²) in [6, 6.07) is 6.74. The summed E-state index contributed by atoms with van der Waals surface area (Å²) in [4.78, 5) is 7.07. The van der Waals surface area contributed by atoms with Crippen molar-refractivity contribution in [2.24, 2.45) is 0 Å². The molecule has 1 fully saturated rings. The van der Waals surface area contributed by atoms with Crippen molar-refractivity contribution in [2.45, 2.75) is 25.8 Å². The molecule has 1 saturated heterocycles. The predicted octanol–water partition coefficient (Wildman–Crippen LogP) is 1.83. The first-order valence-electron chi connectivity index (χ1n) is 6.27. The summed E-state index contributed by atoms with van der Waals surface area (Å²) in [5.41, 5.74) is 1.23. The first-order valence-corrected chi connectivity index (χ1v) is 6.27. The molecule has 1 aliphatic rings. The van der Waals surface area contributed by atoms with Gasteiger partial charge < -0.3 is 5.32 Å². The molecule has 0 aromatic carbocycles. The Bertz CT molecular complexity index is 293. The van der Waals surface area contributed by atoms with E-state index in [9.17, 15) is 0 Å². The summed E-state index contributed by atoms with van der Waals surface area (Å²) in [5, 5.41) is 3.40. The fourth-order valence-electron chi connectivity index (χ4n) is 2.36. The summed E-state index contributed by atoms with van der Waals surface area (Å²) >= 11 is 0. The second kappa shape index (κ2) is 5.97. The minimum absolute atomic E-state index is 0.508. The van der Waals surface area contributed by atoms with Gasteiger partial charge in [-0.25, -0.2) is 0 Å². The summed E-state index contributed by atoms with van der Waals surface area (Å²) in [5.74, 6) is 0. The summed E-state index contributed by atoms with van der Waals surface area (Å²) in [6.45, 7) is 6.74. The topological polar surface area (TPSA) is 28.2 Å². The molecule has 1 aromatic rings. The molecule has 88 valence electrons. The lowest BCUT2D eigenvalue weighted by molar-refractivity contribution is 0.161. The zero-order valence-electron chi connectivity index (χ0n) is 10.0. The smallest absolute Gasteiger partial charge is 0.0575 e. The van der Waals surface area contributed by atoms with Gasteiger partial charge in [-0.3, -0.25) is 9.88 Å². The first-order chi connectivity index (χ1) is 7.92. The maximum absolute atomic E-state index is 4.51. The Morgan fingerprint density at radius 3 is 2.81 bits per heavy atom. The third-order valence-corrected chi connectivity index (χ3v) is 3.18. The predicted molar refractivity (Wildman–Crippen MR) is 66.3 cm³/mol. The van der Waals surface area contributed by atoms with Gasteiger partial charge in [-0.05, 0) is 18.6 Å². The van der Waals surface area contributed by atoms with Crippen LogP contribution in [0, 0.1) is 0 Å². The van der Waals surface area contributed by atoms with Crippen molar-refractivity contribution in [1.29, 1.82) is 0 Å². The van der Waals surface area contributed by atoms with Crippen LogP contribution in [0.25, 0.3) is 0 Å². The number of rotatable bonds is 4. The Morgan fingerprint density at radius 2 is 2.19 bits per heavy atom. The number of piperazine rings is 1. The van der Waals surface area contributed by atoms with Gasteiger partial charge in [-0.2, -0.15) is 0 Å². The van der Waals surface area contributed by atoms with Crippen molar-refractivity contribution in [2.75, 3.05) is 26.2 Å². The molecule has 16 heavy (non-hydrogen) atoms. The molecule has 0 saturated carbocycles. The van der Waals surface area contributed by atoms with Gasteiger partial charge in [0, 0.05) is 32.4 Å². The van der Waals surface area contributed by atoms with Crippen LogP contribution in [0.15, 0.2) is 24.4 Å². The van der Waals surface area contributed by atoms with Crippen molar-refractivity contribution in [3.8, 4) is 0 Å². The highest BCUT2D eigenvalue weighted by atomic mass is 15.2. The lowest BCUT2D eigenvalue weighted by Crippen LogP contribution is -2.45. The van der Waals surface area contributed by atoms with Crippen molar-refractivity contribution >= 4 is 0 Å². The SMILES string of the molecule is CCC[C@H](c1ccccn1)N1CCNCC1. The van der Waals surface area contributed by atoms with Crippen LogP contribution in [-0.4, -0.2) is 36.1 Å². The Labute approximate surface area is 97.9 Å². The van der Waals surface area contributed by atoms with Crippen molar-refractivity contribution in [3.05, 3.63) is 30.1 Å². The Morgan fingerprint density at radius 1 is 1.38 bits per heavy atom. The van der Waals surface area contributed by atoms with Gasteiger partial charge in [0.25, 0.3) is 0 Å². The Balaban J connectivity index is 2.09. The van der Waals surface area contributed by atoms with Crippen LogP contribution in [0.1, 0.15) is 31.5 Å². The zero-order chi connectivity index (χ0) is 11.2. The van der Waals surface area contributed by atoms with Crippen LogP contribution >= 0.6 is 0 Å². The fourth-order valence-corrected chi connectivity index (χ4v) is 2.36. The lowest BCUT2D eigenvalue weighted by Gasteiger charge is -2.34. The first kappa shape index (κ1) is 11.6. The molecule has 2 heterocycles. The molecular formula is C13H21N3. The van der Waals surface area contributed by atoms with Crippen LogP contribution in [0.2, 0.25) is 0 Å². The van der Waals surface area contributed by atoms with Gasteiger partial charge in [0.2, 0.25) is 0 Å². The van der Waals surface area contributed by atoms with E-state index in [-0.39, 0.29) is 0 Å². The average molecular weight is 219 g/mol. The summed E-state index contributed by atoms with van der Waals surface area (Å²) in [6.07, 6.45) is 4.32. The number of aromatic nitrogens is 1. The van der Waals surface area contributed by atoms with E-state index in [0.29, 0.717) is 6.04 Å². The number of hydrogen-bond acceptors (Lipinski definition) is 3. The molecule has 1 aromatic heterocycles. The molecule has 1 N–H and O–H groups in total. The normalized spacial score (nSPS) is 19.6. The zero-order valence-corrected chi connectivity index (χ0v) is 10.0. The molecule has 0 bridgehead atoms. The lowest BCUT2D eigenvalue weighted by atomic mass is 10.0. The molecule has 0 aliphatic carbocycles. The van der Waals surface area contributed by atoms with E-state index in [0.717, 1.165) is 26.2 Å². The summed E-state index contributed by atoms with van der Waals surface area (Å²) < 4.78 is 0. The van der Waals surface area contributed by atoms with Gasteiger partial charge in [0.1, 0.15) is 0 Å². The highest BCUT2D eigenvalue weighted by molar-refractivity contribution is 5.09. The quantitative estimate of drug-likeness (QED) is 0.837. The maximum atomic E-state index is 4.51. The van der Waals surface area contributed by atoms with E-state index in [1.54, 1.807) is 0 Å². The number of nitrogens with zero attached hydrogens (tertiary/aromatic N) is 2. The monoisotopic (exact) mass is 219 g/mol. The number of hydrogen-bond donors (Lipinski definition) is 1. The largest absolute Gasteiger partial charge is 0.314 e. The molecule has 2 rings (SSSR count). The number of nitrogens with one attached hydrogen (secondary N) is 1. The van der Waals surface area contributed by atoms with E-state index < -0.39 is 0 Å². The van der Waals surface area contributed by atoms with Crippen molar-refractivity contribution < 1.29 is 0 Å². The van der Waals surface area contributed by atoms with Crippen LogP contribution in [0.5, 0.6) is 0 Å². The Hall–Kier alpha value is -0.930. The van der Waals surface area contributed by atoms with Gasteiger partial charge in [-0.1, -0.05) is 19.4 Å². The maximum Gasteiger partial charge on any atom is 0.0575 e. The molecule has 3 heteroatoms. The van der Waals surface area contributed by atoms with Gasteiger partial charge >= 0.3 is 0 Å². The average Bonchev–Trinajstić information content (AvgIpc) is 2.38. The molecule has 0 unspecified atom stereocenters. The minimum atomic E-state index is 0.508. The fraction of sp³-hybridized carbons (Fsp3) is 0.615. The standard InChI is InChI=1S/C13H21N3/c1-2-5-13(12-6-3-4-7-15-12)16-10-8-14-9-11-16/h3-4,6-7,13-14H,2,5,8-11H2,1H3/t13-/m1/s1. The highest BCUT2D eigenvalue weighted by Gasteiger charge is 2.21. The van der Waals surface area contributed by atoms with Crippen molar-refractivity contribution in [1.82, 2.24) is 15.2 Å². The van der Waals surface area contributed by atoms with Crippen LogP contribution in [0.3, 0.4) is 0 Å². The number of pyridine rings is 1. The van der Waals surface area contributed by atoms with Crippen LogP contribution < -0.4 is 5.32 Å². The van der Waals surface area contributed by atoms with E-state index >= 15 is 0 Å². The van der Waals surface area contributed by atoms with Gasteiger partial charge in [0.15, 0.2) is 0 Å². The Kier molecular flexibility index (Phi) is 4.31. The molecule has 0 radical (unpaired) electrons. The second-order valence-corrected chi connectivity index (χ2v) is 4.35. The third kappa shape index (κ3) is 2.80. The van der Waals surface area contributed by atoms with Crippen molar-refractivity contribution in [3.63, 3.8) is 0 Å². The molecule has 1 atom stereocenters. The van der Waals surface area contributed by atoms with Crippen LogP contribution in [-0.2, 0) is 0 Å². The summed E-state index contributed by atoms with van der Waals surface area (Å²) in [7, 11) is 0. The van der Waals surface area contributed by atoms with E-state index in [4.69, 9.17) is 0 Å². The van der Waals surface area contributed by atoms with Crippen LogP contribution in [0.4, 0.5) is 0 Å². The molecular weight excluding hydrogens is 198 g/mol. The van der Waals surface area contributed by atoms with E-state index in [1.807, 2.05) is 12.3 Å². The molecule has 3 nitrogen and oxygen atoms in total. The molecule has 0 spiro atoms.